The summed E-state index contributed by atoms with van der Waals surface area (Å²) in [6.45, 7) is 3.18. The molecule has 3 rings (SSSR count). The molecule has 1 aromatic carbocycles. The lowest BCUT2D eigenvalue weighted by Gasteiger charge is -2.31. The van der Waals surface area contributed by atoms with E-state index in [1.54, 1.807) is 18.0 Å². The average Bonchev–Trinajstić information content (AvgIpc) is 3.20. The van der Waals surface area contributed by atoms with Crippen LogP contribution in [0.15, 0.2) is 41.8 Å². The summed E-state index contributed by atoms with van der Waals surface area (Å²) in [5.74, 6) is -0.331. The molecular weight excluding hydrogens is 374 g/mol. The first-order chi connectivity index (χ1) is 13.6. The molecule has 150 valence electrons. The molecule has 0 bridgehead atoms. The summed E-state index contributed by atoms with van der Waals surface area (Å²) in [6, 6.07) is 7.53. The summed E-state index contributed by atoms with van der Waals surface area (Å²) in [5, 5.41) is 3.87. The second-order valence-electron chi connectivity index (χ2n) is 6.99. The van der Waals surface area contributed by atoms with E-state index in [0.717, 1.165) is 49.7 Å². The van der Waals surface area contributed by atoms with Crippen LogP contribution < -0.4 is 11.1 Å². The Hall–Kier alpha value is -2.32. The van der Waals surface area contributed by atoms with Gasteiger partial charge >= 0.3 is 0 Å². The van der Waals surface area contributed by atoms with E-state index in [1.165, 1.54) is 0 Å². The largest absolute Gasteiger partial charge is 0.369 e. The summed E-state index contributed by atoms with van der Waals surface area (Å²) in [7, 11) is 0. The van der Waals surface area contributed by atoms with Crippen LogP contribution in [0, 0.1) is 5.92 Å². The fourth-order valence-electron chi connectivity index (χ4n) is 3.53. The van der Waals surface area contributed by atoms with Crippen molar-refractivity contribution in [3.8, 4) is 5.69 Å². The molecule has 0 radical (unpaired) electrons. The van der Waals surface area contributed by atoms with E-state index >= 15 is 0 Å². The third kappa shape index (κ3) is 5.14. The Morgan fingerprint density at radius 1 is 1.39 bits per heavy atom. The first kappa shape index (κ1) is 20.4. The number of benzene rings is 1. The Morgan fingerprint density at radius 2 is 2.25 bits per heavy atom. The number of nitrogens with zero attached hydrogens (tertiary/aromatic N) is 3. The number of amides is 2. The van der Waals surface area contributed by atoms with Crippen molar-refractivity contribution in [2.24, 2.45) is 11.7 Å². The van der Waals surface area contributed by atoms with Gasteiger partial charge in [0.2, 0.25) is 5.91 Å². The number of carbonyl (C=O) groups excluding carboxylic acids is 2. The molecule has 2 amide bonds. The Labute approximate surface area is 169 Å². The van der Waals surface area contributed by atoms with Crippen LogP contribution >= 0.6 is 11.8 Å². The summed E-state index contributed by atoms with van der Waals surface area (Å²) in [4.78, 5) is 30.4. The number of hydrogen-bond donors (Lipinski definition) is 2. The zero-order valence-electron chi connectivity index (χ0n) is 16.1. The topological polar surface area (TPSA) is 93.2 Å². The molecular formula is C20H27N5O2S. The highest BCUT2D eigenvalue weighted by atomic mass is 32.2. The molecule has 1 atom stereocenters. The first-order valence-electron chi connectivity index (χ1n) is 9.56. The predicted molar refractivity (Wildman–Crippen MR) is 111 cm³/mol. The van der Waals surface area contributed by atoms with Crippen LogP contribution in [0.4, 0.5) is 0 Å². The van der Waals surface area contributed by atoms with E-state index in [2.05, 4.69) is 15.2 Å². The summed E-state index contributed by atoms with van der Waals surface area (Å²) in [5.41, 5.74) is 6.97. The van der Waals surface area contributed by atoms with E-state index in [4.69, 9.17) is 5.73 Å². The zero-order valence-corrected chi connectivity index (χ0v) is 17.0. The van der Waals surface area contributed by atoms with Crippen molar-refractivity contribution in [2.45, 2.75) is 24.4 Å². The Morgan fingerprint density at radius 3 is 3.04 bits per heavy atom. The summed E-state index contributed by atoms with van der Waals surface area (Å²) >= 11 is 1.56. The number of likely N-dealkylation sites (tertiary alicyclic amines) is 1. The number of imidazole rings is 1. The molecule has 0 saturated carbocycles. The number of nitrogens with one attached hydrogen (secondary N) is 1. The molecule has 1 aliphatic rings. The van der Waals surface area contributed by atoms with Crippen molar-refractivity contribution in [3.63, 3.8) is 0 Å². The van der Waals surface area contributed by atoms with Gasteiger partial charge in [0, 0.05) is 36.7 Å². The molecule has 8 heteroatoms. The molecule has 1 aromatic heterocycles. The van der Waals surface area contributed by atoms with Gasteiger partial charge in [-0.2, -0.15) is 0 Å². The van der Waals surface area contributed by atoms with Gasteiger partial charge in [0.05, 0.1) is 5.92 Å². The third-order valence-corrected chi connectivity index (χ3v) is 5.69. The lowest BCUT2D eigenvalue weighted by molar-refractivity contribution is -0.123. The monoisotopic (exact) mass is 401 g/mol. The molecule has 1 unspecified atom stereocenters. The molecule has 1 fully saturated rings. The maximum atomic E-state index is 12.5. The lowest BCUT2D eigenvalue weighted by atomic mass is 9.97. The molecule has 2 heterocycles. The number of hydrogen-bond acceptors (Lipinski definition) is 5. The average molecular weight is 402 g/mol. The number of nitrogens with two attached hydrogens (primary N) is 1. The highest BCUT2D eigenvalue weighted by molar-refractivity contribution is 7.98. The normalized spacial score (nSPS) is 17.4. The SMILES string of the molecule is CSc1nccn1-c1cccc(C(=O)NCCCN2CCCC(C(N)=O)C2)c1. The van der Waals surface area contributed by atoms with E-state index in [9.17, 15) is 9.59 Å². The predicted octanol–water partition coefficient (Wildman–Crippen LogP) is 1.91. The van der Waals surface area contributed by atoms with E-state index in [-0.39, 0.29) is 17.7 Å². The Bertz CT molecular complexity index is 822. The Balaban J connectivity index is 1.49. The third-order valence-electron chi connectivity index (χ3n) is 5.02. The fourth-order valence-corrected chi connectivity index (χ4v) is 4.06. The molecule has 1 aliphatic heterocycles. The van der Waals surface area contributed by atoms with Gasteiger partial charge in [0.1, 0.15) is 0 Å². The van der Waals surface area contributed by atoms with Crippen LogP contribution in [0.3, 0.4) is 0 Å². The molecule has 0 aliphatic carbocycles. The van der Waals surface area contributed by atoms with Crippen molar-refractivity contribution in [3.05, 3.63) is 42.2 Å². The molecule has 2 aromatic rings. The van der Waals surface area contributed by atoms with Gasteiger partial charge in [-0.05, 0) is 56.8 Å². The fraction of sp³-hybridized carbons (Fsp3) is 0.450. The van der Waals surface area contributed by atoms with Crippen LogP contribution in [0.5, 0.6) is 0 Å². The molecule has 28 heavy (non-hydrogen) atoms. The highest BCUT2D eigenvalue weighted by Crippen LogP contribution is 2.19. The van der Waals surface area contributed by atoms with Crippen molar-refractivity contribution < 1.29 is 9.59 Å². The number of piperidine rings is 1. The maximum absolute atomic E-state index is 12.5. The standard InChI is InChI=1S/C20H27N5O2S/c1-28-20-23-9-12-25(20)17-7-2-5-15(13-17)19(27)22-8-4-11-24-10-3-6-16(14-24)18(21)26/h2,5,7,9,12-13,16H,3-4,6,8,10-11,14H2,1H3,(H2,21,26)(H,22,27). The number of rotatable bonds is 8. The van der Waals surface area contributed by atoms with Gasteiger partial charge in [-0.15, -0.1) is 0 Å². The van der Waals surface area contributed by atoms with Gasteiger partial charge in [-0.25, -0.2) is 4.98 Å². The summed E-state index contributed by atoms with van der Waals surface area (Å²) < 4.78 is 1.97. The van der Waals surface area contributed by atoms with Gasteiger partial charge in [0.25, 0.3) is 5.91 Å². The van der Waals surface area contributed by atoms with Gasteiger partial charge in [-0.3, -0.25) is 14.2 Å². The Kier molecular flexibility index (Phi) is 7.11. The molecule has 7 nitrogen and oxygen atoms in total. The van der Waals surface area contributed by atoms with E-state index in [0.29, 0.717) is 12.1 Å². The molecule has 1 saturated heterocycles. The van der Waals surface area contributed by atoms with Crippen LogP contribution in [0.1, 0.15) is 29.6 Å². The minimum atomic E-state index is -0.208. The lowest BCUT2D eigenvalue weighted by Crippen LogP contribution is -2.42. The van der Waals surface area contributed by atoms with Crippen molar-refractivity contribution in [2.75, 3.05) is 32.4 Å². The second-order valence-corrected chi connectivity index (χ2v) is 7.76. The number of carbonyl (C=O) groups is 2. The summed E-state index contributed by atoms with van der Waals surface area (Å²) in [6.07, 6.45) is 8.34. The van der Waals surface area contributed by atoms with Crippen LogP contribution in [0.2, 0.25) is 0 Å². The first-order valence-corrected chi connectivity index (χ1v) is 10.8. The number of thioether (sulfide) groups is 1. The van der Waals surface area contributed by atoms with Crippen molar-refractivity contribution in [1.82, 2.24) is 19.8 Å². The quantitative estimate of drug-likeness (QED) is 0.521. The minimum absolute atomic E-state index is 0.0413. The maximum Gasteiger partial charge on any atom is 0.251 e. The van der Waals surface area contributed by atoms with Gasteiger partial charge < -0.3 is 16.0 Å². The highest BCUT2D eigenvalue weighted by Gasteiger charge is 2.23. The van der Waals surface area contributed by atoms with E-state index < -0.39 is 0 Å². The van der Waals surface area contributed by atoms with Gasteiger partial charge in [0.15, 0.2) is 5.16 Å². The van der Waals surface area contributed by atoms with Crippen molar-refractivity contribution in [1.29, 1.82) is 0 Å². The minimum Gasteiger partial charge on any atom is -0.369 e. The molecule has 0 spiro atoms. The second kappa shape index (κ2) is 9.75. The van der Waals surface area contributed by atoms with Crippen LogP contribution in [-0.2, 0) is 4.79 Å². The molecule has 3 N–H and O–H groups in total. The number of aromatic nitrogens is 2. The van der Waals surface area contributed by atoms with Crippen LogP contribution in [-0.4, -0.2) is 58.7 Å². The van der Waals surface area contributed by atoms with E-state index in [1.807, 2.05) is 41.3 Å². The number of primary amides is 1. The van der Waals surface area contributed by atoms with Crippen LogP contribution in [0.25, 0.3) is 5.69 Å². The van der Waals surface area contributed by atoms with Gasteiger partial charge in [-0.1, -0.05) is 17.8 Å². The van der Waals surface area contributed by atoms with Crippen molar-refractivity contribution >= 4 is 23.6 Å². The smallest absolute Gasteiger partial charge is 0.251 e. The zero-order chi connectivity index (χ0) is 19.9.